The van der Waals surface area contributed by atoms with Crippen molar-refractivity contribution in [2.45, 2.75) is 25.8 Å². The number of fused-ring (bicyclic) bond motifs is 1. The maximum Gasteiger partial charge on any atom is 0.410 e. The van der Waals surface area contributed by atoms with E-state index in [1.165, 1.54) is 12.3 Å². The highest BCUT2D eigenvalue weighted by Crippen LogP contribution is 2.35. The zero-order valence-electron chi connectivity index (χ0n) is 20.4. The standard InChI is InChI=1S/C26H20Cl2N8O3/c1-13-2-5-18(35-12-20(27)33-34-35)17(8-13)15-9-16-4-6-19(36(16)22(37)10-15)25-31-23(24(28)32-25)14-3-7-21(29-11-14)30-26(38)39/h2-3,5,7-12,19H,4,6H2,1H3,(H,29,30)(H,31,32)(H,38,39)/t19-/m0/s1. The quantitative estimate of drug-likeness (QED) is 0.269. The van der Waals surface area contributed by atoms with Crippen molar-refractivity contribution in [1.29, 1.82) is 0 Å². The zero-order valence-corrected chi connectivity index (χ0v) is 21.9. The lowest BCUT2D eigenvalue weighted by Crippen LogP contribution is -2.24. The number of aromatic nitrogens is 7. The molecule has 0 unspecified atom stereocenters. The first-order valence-electron chi connectivity index (χ1n) is 11.9. The van der Waals surface area contributed by atoms with E-state index < -0.39 is 6.09 Å². The fourth-order valence-electron chi connectivity index (χ4n) is 4.90. The van der Waals surface area contributed by atoms with Gasteiger partial charge in [0.25, 0.3) is 5.56 Å². The van der Waals surface area contributed by atoms with Crippen LogP contribution in [0.1, 0.15) is 29.5 Å². The summed E-state index contributed by atoms with van der Waals surface area (Å²) in [6.07, 6.45) is 3.26. The molecule has 1 aliphatic rings. The first-order valence-corrected chi connectivity index (χ1v) is 12.7. The number of hydrogen-bond acceptors (Lipinski definition) is 6. The Morgan fingerprint density at radius 1 is 1.15 bits per heavy atom. The van der Waals surface area contributed by atoms with Gasteiger partial charge in [-0.15, -0.1) is 5.10 Å². The van der Waals surface area contributed by atoms with Gasteiger partial charge in [-0.2, -0.15) is 0 Å². The molecule has 1 aliphatic heterocycles. The van der Waals surface area contributed by atoms with Crippen LogP contribution in [0.2, 0.25) is 10.3 Å². The lowest BCUT2D eigenvalue weighted by molar-refractivity contribution is 0.209. The van der Waals surface area contributed by atoms with E-state index in [2.05, 4.69) is 30.6 Å². The van der Waals surface area contributed by atoms with Crippen LogP contribution in [0.3, 0.4) is 0 Å². The van der Waals surface area contributed by atoms with Crippen LogP contribution in [0.25, 0.3) is 28.1 Å². The molecule has 0 radical (unpaired) electrons. The summed E-state index contributed by atoms with van der Waals surface area (Å²) < 4.78 is 3.33. The number of halogens is 2. The van der Waals surface area contributed by atoms with Gasteiger partial charge < -0.3 is 14.7 Å². The van der Waals surface area contributed by atoms with E-state index in [1.807, 2.05) is 31.2 Å². The van der Waals surface area contributed by atoms with Crippen LogP contribution in [0.15, 0.2) is 59.7 Å². The van der Waals surface area contributed by atoms with Gasteiger partial charge in [0.05, 0.1) is 23.6 Å². The molecule has 13 heteroatoms. The molecule has 3 N–H and O–H groups in total. The number of H-pyrrole nitrogens is 1. The Hall–Kier alpha value is -4.48. The Labute approximate surface area is 231 Å². The third kappa shape index (κ3) is 4.66. The molecule has 0 spiro atoms. The van der Waals surface area contributed by atoms with Crippen LogP contribution in [-0.4, -0.2) is 45.7 Å². The average Bonchev–Trinajstić information content (AvgIpc) is 3.62. The number of carbonyl (C=O) groups is 1. The molecule has 1 atom stereocenters. The summed E-state index contributed by atoms with van der Waals surface area (Å²) >= 11 is 12.5. The molecule has 1 amide bonds. The van der Waals surface area contributed by atoms with Gasteiger partial charge in [-0.3, -0.25) is 10.1 Å². The second kappa shape index (κ2) is 9.68. The van der Waals surface area contributed by atoms with Crippen LogP contribution in [-0.2, 0) is 6.42 Å². The number of imidazole rings is 1. The van der Waals surface area contributed by atoms with Crippen molar-refractivity contribution in [1.82, 2.24) is 34.5 Å². The number of nitrogens with one attached hydrogen (secondary N) is 2. The van der Waals surface area contributed by atoms with Crippen LogP contribution in [0, 0.1) is 6.92 Å². The van der Waals surface area contributed by atoms with E-state index in [0.717, 1.165) is 28.1 Å². The lowest BCUT2D eigenvalue weighted by atomic mass is 10.0. The first kappa shape index (κ1) is 24.8. The molecular formula is C26H20Cl2N8O3. The SMILES string of the molecule is Cc1ccc(-n2cc(Cl)nn2)c(-c2cc3n(c(=O)c2)[C@H](c2nc(Cl)c(-c4ccc(NC(=O)O)nc4)[nH]2)CC3)c1. The number of aromatic amines is 1. The van der Waals surface area contributed by atoms with Gasteiger partial charge in [0.2, 0.25) is 0 Å². The number of hydrogen-bond donors (Lipinski definition) is 3. The molecule has 0 saturated heterocycles. The minimum Gasteiger partial charge on any atom is -0.465 e. The largest absolute Gasteiger partial charge is 0.465 e. The number of aryl methyl sites for hydroxylation is 2. The normalized spacial score (nSPS) is 14.4. The number of nitrogens with zero attached hydrogens (tertiary/aromatic N) is 6. The van der Waals surface area contributed by atoms with Crippen molar-refractivity contribution in [2.24, 2.45) is 0 Å². The lowest BCUT2D eigenvalue weighted by Gasteiger charge is -2.15. The van der Waals surface area contributed by atoms with E-state index in [-0.39, 0.29) is 27.7 Å². The summed E-state index contributed by atoms with van der Waals surface area (Å²) in [4.78, 5) is 36.2. The summed E-state index contributed by atoms with van der Waals surface area (Å²) in [5.74, 6) is 0.753. The molecule has 0 aliphatic carbocycles. The zero-order chi connectivity index (χ0) is 27.3. The van der Waals surface area contributed by atoms with Crippen molar-refractivity contribution in [3.8, 4) is 28.1 Å². The number of benzene rings is 1. The van der Waals surface area contributed by atoms with Crippen molar-refractivity contribution in [3.63, 3.8) is 0 Å². The van der Waals surface area contributed by atoms with Crippen molar-refractivity contribution in [2.75, 3.05) is 5.32 Å². The Morgan fingerprint density at radius 2 is 2.00 bits per heavy atom. The van der Waals surface area contributed by atoms with Crippen LogP contribution in [0.4, 0.5) is 10.6 Å². The summed E-state index contributed by atoms with van der Waals surface area (Å²) in [6.45, 7) is 1.99. The average molecular weight is 563 g/mol. The highest BCUT2D eigenvalue weighted by Gasteiger charge is 2.29. The molecule has 0 bridgehead atoms. The summed E-state index contributed by atoms with van der Waals surface area (Å²) in [6, 6.07) is 12.4. The topological polar surface area (TPSA) is 144 Å². The van der Waals surface area contributed by atoms with E-state index in [4.69, 9.17) is 28.3 Å². The molecule has 0 fully saturated rings. The molecule has 5 heterocycles. The van der Waals surface area contributed by atoms with E-state index in [1.54, 1.807) is 27.6 Å². The van der Waals surface area contributed by atoms with E-state index in [0.29, 0.717) is 29.9 Å². The minimum atomic E-state index is -1.20. The molecule has 11 nitrogen and oxygen atoms in total. The fourth-order valence-corrected chi connectivity index (χ4v) is 5.27. The summed E-state index contributed by atoms with van der Waals surface area (Å²) in [5, 5.41) is 19.5. The van der Waals surface area contributed by atoms with Gasteiger partial charge in [0.1, 0.15) is 11.6 Å². The second-order valence-corrected chi connectivity index (χ2v) is 9.90. The van der Waals surface area contributed by atoms with Gasteiger partial charge in [-0.05, 0) is 55.7 Å². The predicted molar refractivity (Wildman–Crippen MR) is 146 cm³/mol. The maximum atomic E-state index is 13.5. The Balaban J connectivity index is 1.35. The van der Waals surface area contributed by atoms with Crippen molar-refractivity contribution < 1.29 is 9.90 Å². The maximum absolute atomic E-state index is 13.5. The van der Waals surface area contributed by atoms with Crippen LogP contribution in [0.5, 0.6) is 0 Å². The third-order valence-electron chi connectivity index (χ3n) is 6.59. The molecule has 39 heavy (non-hydrogen) atoms. The fraction of sp³-hybridized carbons (Fsp3) is 0.154. The number of rotatable bonds is 5. The van der Waals surface area contributed by atoms with Gasteiger partial charge in [0, 0.05) is 29.1 Å². The third-order valence-corrected chi connectivity index (χ3v) is 7.04. The highest BCUT2D eigenvalue weighted by molar-refractivity contribution is 6.32. The van der Waals surface area contributed by atoms with Crippen molar-refractivity contribution >= 4 is 35.1 Å². The number of amides is 1. The Bertz CT molecular complexity index is 1790. The smallest absolute Gasteiger partial charge is 0.410 e. The monoisotopic (exact) mass is 562 g/mol. The minimum absolute atomic E-state index is 0.158. The first-order chi connectivity index (χ1) is 18.8. The Kier molecular flexibility index (Phi) is 6.16. The van der Waals surface area contributed by atoms with Crippen LogP contribution >= 0.6 is 23.2 Å². The second-order valence-electron chi connectivity index (χ2n) is 9.15. The highest BCUT2D eigenvalue weighted by atomic mass is 35.5. The Morgan fingerprint density at radius 3 is 2.72 bits per heavy atom. The molecule has 1 aromatic carbocycles. The predicted octanol–water partition coefficient (Wildman–Crippen LogP) is 5.12. The summed E-state index contributed by atoms with van der Waals surface area (Å²) in [5.41, 5.74) is 5.32. The van der Waals surface area contributed by atoms with Gasteiger partial charge in [0.15, 0.2) is 10.3 Å². The molecule has 0 saturated carbocycles. The number of carboxylic acid groups (broad SMARTS) is 1. The molecule has 5 aromatic rings. The molecule has 6 rings (SSSR count). The van der Waals surface area contributed by atoms with Gasteiger partial charge >= 0.3 is 6.09 Å². The van der Waals surface area contributed by atoms with Gasteiger partial charge in [-0.25, -0.2) is 19.4 Å². The number of pyridine rings is 2. The number of anilines is 1. The molecule has 4 aromatic heterocycles. The van der Waals surface area contributed by atoms with E-state index >= 15 is 0 Å². The van der Waals surface area contributed by atoms with Crippen molar-refractivity contribution in [3.05, 3.63) is 92.6 Å². The van der Waals surface area contributed by atoms with Gasteiger partial charge in [-0.1, -0.05) is 40.0 Å². The van der Waals surface area contributed by atoms with E-state index in [9.17, 15) is 9.59 Å². The van der Waals surface area contributed by atoms with Crippen LogP contribution < -0.4 is 10.9 Å². The molecular weight excluding hydrogens is 543 g/mol. The summed E-state index contributed by atoms with van der Waals surface area (Å²) in [7, 11) is 0. The molecule has 196 valence electrons.